The number of nitrogens with zero attached hydrogens (tertiary/aromatic N) is 2. The fraction of sp³-hybridized carbons (Fsp3) is 0.500. The van der Waals surface area contributed by atoms with Crippen LogP contribution in [0.2, 0.25) is 0 Å². The van der Waals surface area contributed by atoms with Crippen LogP contribution in [0.25, 0.3) is 0 Å². The maximum Gasteiger partial charge on any atom is 0.240 e. The molecule has 5 heteroatoms. The summed E-state index contributed by atoms with van der Waals surface area (Å²) in [5, 5.41) is 3.27. The number of anilines is 1. The van der Waals surface area contributed by atoms with E-state index in [-0.39, 0.29) is 11.9 Å². The lowest BCUT2D eigenvalue weighted by atomic mass is 10.1. The molecule has 1 saturated heterocycles. The molecule has 4 nitrogen and oxygen atoms in total. The highest BCUT2D eigenvalue weighted by Crippen LogP contribution is 2.24. The quantitative estimate of drug-likeness (QED) is 0.835. The van der Waals surface area contributed by atoms with Gasteiger partial charge < -0.3 is 9.80 Å². The number of fused-ring (bicyclic) bond motifs is 1. The number of rotatable bonds is 1. The van der Waals surface area contributed by atoms with Crippen molar-refractivity contribution in [2.45, 2.75) is 12.6 Å². The maximum atomic E-state index is 12.5. The second-order valence-corrected chi connectivity index (χ2v) is 6.11. The number of carbonyl (C=O) groups excluding carboxylic acids is 1. The molecule has 1 aromatic rings. The molecule has 0 aromatic heterocycles. The predicted molar refractivity (Wildman–Crippen MR) is 79.4 cm³/mol. The molecule has 2 heterocycles. The monoisotopic (exact) mass is 277 g/mol. The van der Waals surface area contributed by atoms with E-state index in [1.807, 2.05) is 11.0 Å². The van der Waals surface area contributed by atoms with Crippen LogP contribution in [-0.2, 0) is 11.3 Å². The Morgan fingerprint density at radius 1 is 1.37 bits per heavy atom. The summed E-state index contributed by atoms with van der Waals surface area (Å²) in [4.78, 5) is 16.7. The largest absolute Gasteiger partial charge is 0.373 e. The highest BCUT2D eigenvalue weighted by molar-refractivity contribution is 7.99. The first kappa shape index (κ1) is 12.8. The standard InChI is InChI=1S/C14H19N3OS/c1-16-6-7-17(14(18)12-9-19-10-15-12)8-11-4-2-3-5-13(11)16/h2-5,12,15H,6-10H2,1H3. The molecule has 0 radical (unpaired) electrons. The van der Waals surface area contributed by atoms with Crippen molar-refractivity contribution in [2.75, 3.05) is 36.7 Å². The number of benzene rings is 1. The van der Waals surface area contributed by atoms with Crippen molar-refractivity contribution in [3.63, 3.8) is 0 Å². The van der Waals surface area contributed by atoms with Gasteiger partial charge in [0.2, 0.25) is 5.91 Å². The molecule has 0 spiro atoms. The molecular formula is C14H19N3OS. The minimum atomic E-state index is 0.000526. The zero-order chi connectivity index (χ0) is 13.2. The third kappa shape index (κ3) is 2.58. The SMILES string of the molecule is CN1CCN(C(=O)C2CSCN2)Cc2ccccc21. The minimum Gasteiger partial charge on any atom is -0.373 e. The summed E-state index contributed by atoms with van der Waals surface area (Å²) in [6, 6.07) is 8.36. The van der Waals surface area contributed by atoms with Crippen LogP contribution >= 0.6 is 11.8 Å². The Hall–Kier alpha value is -1.20. The van der Waals surface area contributed by atoms with E-state index in [4.69, 9.17) is 0 Å². The molecule has 1 aromatic carbocycles. The van der Waals surface area contributed by atoms with Gasteiger partial charge in [-0.25, -0.2) is 0 Å². The number of para-hydroxylation sites is 1. The van der Waals surface area contributed by atoms with Crippen LogP contribution in [-0.4, -0.2) is 48.6 Å². The number of nitrogens with one attached hydrogen (secondary N) is 1. The lowest BCUT2D eigenvalue weighted by Crippen LogP contribution is -2.45. The number of hydrogen-bond acceptors (Lipinski definition) is 4. The molecule has 1 N–H and O–H groups in total. The molecule has 0 bridgehead atoms. The summed E-state index contributed by atoms with van der Waals surface area (Å²) >= 11 is 1.80. The van der Waals surface area contributed by atoms with Crippen molar-refractivity contribution < 1.29 is 4.79 Å². The minimum absolute atomic E-state index is 0.000526. The van der Waals surface area contributed by atoms with Crippen LogP contribution < -0.4 is 10.2 Å². The maximum absolute atomic E-state index is 12.5. The average Bonchev–Trinajstić information content (AvgIpc) is 2.91. The second-order valence-electron chi connectivity index (χ2n) is 5.08. The van der Waals surface area contributed by atoms with Crippen molar-refractivity contribution in [3.8, 4) is 0 Å². The van der Waals surface area contributed by atoms with Gasteiger partial charge in [0.15, 0.2) is 0 Å². The zero-order valence-corrected chi connectivity index (χ0v) is 11.9. The summed E-state index contributed by atoms with van der Waals surface area (Å²) in [5.74, 6) is 2.03. The Kier molecular flexibility index (Phi) is 3.66. The lowest BCUT2D eigenvalue weighted by molar-refractivity contribution is -0.133. The Labute approximate surface area is 118 Å². The molecule has 3 rings (SSSR count). The van der Waals surface area contributed by atoms with Gasteiger partial charge in [-0.15, -0.1) is 11.8 Å². The lowest BCUT2D eigenvalue weighted by Gasteiger charge is -2.24. The first-order valence-electron chi connectivity index (χ1n) is 6.64. The zero-order valence-electron chi connectivity index (χ0n) is 11.1. The number of amides is 1. The van der Waals surface area contributed by atoms with Crippen molar-refractivity contribution in [2.24, 2.45) is 0 Å². The molecule has 19 heavy (non-hydrogen) atoms. The van der Waals surface area contributed by atoms with Gasteiger partial charge in [-0.2, -0.15) is 0 Å². The van der Waals surface area contributed by atoms with Gasteiger partial charge in [-0.1, -0.05) is 18.2 Å². The molecule has 2 aliphatic heterocycles. The van der Waals surface area contributed by atoms with Crippen LogP contribution in [0.3, 0.4) is 0 Å². The summed E-state index contributed by atoms with van der Waals surface area (Å²) < 4.78 is 0. The molecule has 1 atom stereocenters. The van der Waals surface area contributed by atoms with Crippen LogP contribution in [0.1, 0.15) is 5.56 Å². The Morgan fingerprint density at radius 3 is 3.00 bits per heavy atom. The van der Waals surface area contributed by atoms with E-state index < -0.39 is 0 Å². The number of thioether (sulfide) groups is 1. The normalized spacial score (nSPS) is 23.1. The average molecular weight is 277 g/mol. The first-order valence-corrected chi connectivity index (χ1v) is 7.80. The second kappa shape index (κ2) is 5.43. The molecule has 0 aliphatic carbocycles. The van der Waals surface area contributed by atoms with Crippen molar-refractivity contribution >= 4 is 23.4 Å². The highest BCUT2D eigenvalue weighted by atomic mass is 32.2. The topological polar surface area (TPSA) is 35.6 Å². The van der Waals surface area contributed by atoms with Gasteiger partial charge in [-0.05, 0) is 11.6 Å². The molecule has 1 fully saturated rings. The van der Waals surface area contributed by atoms with Crippen molar-refractivity contribution in [1.29, 1.82) is 0 Å². The van der Waals surface area contributed by atoms with Gasteiger partial charge in [0.25, 0.3) is 0 Å². The van der Waals surface area contributed by atoms with Gasteiger partial charge in [0.05, 0.1) is 6.04 Å². The van der Waals surface area contributed by atoms with Gasteiger partial charge >= 0.3 is 0 Å². The van der Waals surface area contributed by atoms with Gasteiger partial charge in [0.1, 0.15) is 0 Å². The van der Waals surface area contributed by atoms with Gasteiger partial charge in [0, 0.05) is 44.0 Å². The molecular weight excluding hydrogens is 258 g/mol. The highest BCUT2D eigenvalue weighted by Gasteiger charge is 2.29. The molecule has 0 saturated carbocycles. The molecule has 2 aliphatic rings. The van der Waals surface area contributed by atoms with E-state index in [0.29, 0.717) is 0 Å². The summed E-state index contributed by atoms with van der Waals surface area (Å²) in [6.45, 7) is 2.41. The third-order valence-corrected chi connectivity index (χ3v) is 4.74. The van der Waals surface area contributed by atoms with E-state index in [0.717, 1.165) is 31.3 Å². The Morgan fingerprint density at radius 2 is 2.21 bits per heavy atom. The van der Waals surface area contributed by atoms with Crippen LogP contribution in [0.5, 0.6) is 0 Å². The van der Waals surface area contributed by atoms with E-state index in [2.05, 4.69) is 35.5 Å². The molecule has 1 amide bonds. The summed E-state index contributed by atoms with van der Waals surface area (Å²) in [5.41, 5.74) is 2.48. The molecule has 102 valence electrons. The Bertz CT molecular complexity index is 474. The predicted octanol–water partition coefficient (Wildman–Crippen LogP) is 1.13. The molecule has 1 unspecified atom stereocenters. The van der Waals surface area contributed by atoms with Gasteiger partial charge in [-0.3, -0.25) is 10.1 Å². The van der Waals surface area contributed by atoms with Crippen LogP contribution in [0.4, 0.5) is 5.69 Å². The van der Waals surface area contributed by atoms with E-state index >= 15 is 0 Å². The van der Waals surface area contributed by atoms with Crippen molar-refractivity contribution in [1.82, 2.24) is 10.2 Å². The number of carbonyl (C=O) groups is 1. The summed E-state index contributed by atoms with van der Waals surface area (Å²) in [7, 11) is 2.09. The number of hydrogen-bond donors (Lipinski definition) is 1. The Balaban J connectivity index is 1.80. The first-order chi connectivity index (χ1) is 9.25. The van der Waals surface area contributed by atoms with E-state index in [1.54, 1.807) is 11.8 Å². The fourth-order valence-electron chi connectivity index (χ4n) is 2.66. The smallest absolute Gasteiger partial charge is 0.240 e. The van der Waals surface area contributed by atoms with E-state index in [9.17, 15) is 4.79 Å². The van der Waals surface area contributed by atoms with Crippen LogP contribution in [0.15, 0.2) is 24.3 Å². The third-order valence-electron chi connectivity index (χ3n) is 3.80. The van der Waals surface area contributed by atoms with Crippen LogP contribution in [0, 0.1) is 0 Å². The number of likely N-dealkylation sites (N-methyl/N-ethyl adjacent to an activating group) is 1. The fourth-order valence-corrected chi connectivity index (χ4v) is 3.59. The summed E-state index contributed by atoms with van der Waals surface area (Å²) in [6.07, 6.45) is 0. The van der Waals surface area contributed by atoms with E-state index in [1.165, 1.54) is 11.3 Å². The van der Waals surface area contributed by atoms with Crippen molar-refractivity contribution in [3.05, 3.63) is 29.8 Å².